The first-order valence-electron chi connectivity index (χ1n) is 5.73. The Morgan fingerprint density at radius 3 is 2.61 bits per heavy atom. The Labute approximate surface area is 111 Å². The summed E-state index contributed by atoms with van der Waals surface area (Å²) in [6.07, 6.45) is 0.703. The molecule has 0 bridgehead atoms. The molecule has 6 heteroatoms. The Hall–Kier alpha value is -1.49. The number of hydrogen-bond acceptors (Lipinski definition) is 4. The van der Waals surface area contributed by atoms with Gasteiger partial charge in [-0.05, 0) is 20.3 Å². The lowest BCUT2D eigenvalue weighted by molar-refractivity contribution is -0.384. The second kappa shape index (κ2) is 6.44. The van der Waals surface area contributed by atoms with E-state index in [4.69, 9.17) is 21.1 Å². The number of benzene rings is 1. The second-order valence-electron chi connectivity index (χ2n) is 4.03. The largest absolute Gasteiger partial charge is 0.489 e. The molecule has 0 aromatic heterocycles. The second-order valence-corrected chi connectivity index (χ2v) is 4.43. The Morgan fingerprint density at radius 2 is 2.11 bits per heavy atom. The summed E-state index contributed by atoms with van der Waals surface area (Å²) in [6, 6.07) is 2.59. The van der Waals surface area contributed by atoms with Crippen molar-refractivity contribution in [1.29, 1.82) is 0 Å². The van der Waals surface area contributed by atoms with E-state index in [-0.39, 0.29) is 16.8 Å². The topological polar surface area (TPSA) is 61.6 Å². The number of nitrogens with zero attached hydrogens (tertiary/aromatic N) is 1. The molecule has 1 aromatic rings. The minimum atomic E-state index is -0.510. The standard InChI is InChI=1S/C12H16ClNO4/c1-4-5-17-11-7-9(14(15)16)6-10(13)12(11)18-8(2)3/h6-8H,4-5H2,1-3H3. The van der Waals surface area contributed by atoms with Crippen LogP contribution in [0.25, 0.3) is 0 Å². The minimum Gasteiger partial charge on any atom is -0.489 e. The third kappa shape index (κ3) is 3.77. The van der Waals surface area contributed by atoms with E-state index in [1.165, 1.54) is 12.1 Å². The molecule has 5 nitrogen and oxygen atoms in total. The molecule has 0 saturated heterocycles. The van der Waals surface area contributed by atoms with Gasteiger partial charge in [0, 0.05) is 6.07 Å². The van der Waals surface area contributed by atoms with Crippen LogP contribution in [0.5, 0.6) is 11.5 Å². The van der Waals surface area contributed by atoms with Gasteiger partial charge in [-0.1, -0.05) is 18.5 Å². The van der Waals surface area contributed by atoms with E-state index in [1.54, 1.807) is 0 Å². The third-order valence-electron chi connectivity index (χ3n) is 2.02. The lowest BCUT2D eigenvalue weighted by Gasteiger charge is -2.15. The highest BCUT2D eigenvalue weighted by Gasteiger charge is 2.18. The van der Waals surface area contributed by atoms with Gasteiger partial charge in [-0.25, -0.2) is 0 Å². The van der Waals surface area contributed by atoms with Crippen molar-refractivity contribution in [2.24, 2.45) is 0 Å². The number of non-ortho nitro benzene ring substituents is 1. The van der Waals surface area contributed by atoms with Gasteiger partial charge in [-0.15, -0.1) is 0 Å². The number of ether oxygens (including phenoxy) is 2. The zero-order valence-corrected chi connectivity index (χ0v) is 11.4. The first-order chi connectivity index (χ1) is 8.45. The van der Waals surface area contributed by atoms with E-state index in [2.05, 4.69) is 0 Å². The maximum absolute atomic E-state index is 10.8. The van der Waals surface area contributed by atoms with Crippen LogP contribution in [0.3, 0.4) is 0 Å². The van der Waals surface area contributed by atoms with Gasteiger partial charge < -0.3 is 9.47 Å². The Bertz CT molecular complexity index is 434. The molecule has 1 aromatic carbocycles. The van der Waals surface area contributed by atoms with Crippen LogP contribution in [0.2, 0.25) is 5.02 Å². The normalized spacial score (nSPS) is 10.5. The number of halogens is 1. The lowest BCUT2D eigenvalue weighted by atomic mass is 10.2. The zero-order valence-electron chi connectivity index (χ0n) is 10.6. The van der Waals surface area contributed by atoms with Crippen LogP contribution >= 0.6 is 11.6 Å². The third-order valence-corrected chi connectivity index (χ3v) is 2.30. The number of nitro groups is 1. The van der Waals surface area contributed by atoms with Crippen LogP contribution in [0, 0.1) is 10.1 Å². The molecule has 100 valence electrons. The highest BCUT2D eigenvalue weighted by atomic mass is 35.5. The maximum atomic E-state index is 10.8. The number of rotatable bonds is 6. The summed E-state index contributed by atoms with van der Waals surface area (Å²) in [6.45, 7) is 6.09. The predicted octanol–water partition coefficient (Wildman–Crippen LogP) is 3.82. The van der Waals surface area contributed by atoms with Crippen molar-refractivity contribution in [2.45, 2.75) is 33.3 Å². The Kier molecular flexibility index (Phi) is 5.22. The maximum Gasteiger partial charge on any atom is 0.274 e. The Morgan fingerprint density at radius 1 is 1.44 bits per heavy atom. The zero-order chi connectivity index (χ0) is 13.7. The number of hydrogen-bond donors (Lipinski definition) is 0. The number of nitro benzene ring substituents is 1. The molecule has 1 rings (SSSR count). The van der Waals surface area contributed by atoms with E-state index in [1.807, 2.05) is 20.8 Å². The van der Waals surface area contributed by atoms with E-state index in [0.717, 1.165) is 6.42 Å². The fourth-order valence-corrected chi connectivity index (χ4v) is 1.58. The van der Waals surface area contributed by atoms with Crippen molar-refractivity contribution in [3.63, 3.8) is 0 Å². The summed E-state index contributed by atoms with van der Waals surface area (Å²) in [5, 5.41) is 10.9. The van der Waals surface area contributed by atoms with Gasteiger partial charge in [0.15, 0.2) is 11.5 Å². The van der Waals surface area contributed by atoms with Gasteiger partial charge in [-0.3, -0.25) is 10.1 Å². The van der Waals surface area contributed by atoms with E-state index in [9.17, 15) is 10.1 Å². The van der Waals surface area contributed by atoms with Crippen LogP contribution < -0.4 is 9.47 Å². The van der Waals surface area contributed by atoms with Crippen LogP contribution in [0.15, 0.2) is 12.1 Å². The molecule has 0 atom stereocenters. The van der Waals surface area contributed by atoms with Gasteiger partial charge >= 0.3 is 0 Å². The fraction of sp³-hybridized carbons (Fsp3) is 0.500. The van der Waals surface area contributed by atoms with Crippen LogP contribution in [0.4, 0.5) is 5.69 Å². The van der Waals surface area contributed by atoms with Gasteiger partial charge in [0.05, 0.1) is 28.7 Å². The molecule has 0 aliphatic rings. The first-order valence-corrected chi connectivity index (χ1v) is 6.10. The summed E-state index contributed by atoms with van der Waals surface area (Å²) in [7, 11) is 0. The van der Waals surface area contributed by atoms with Gasteiger partial charge in [0.1, 0.15) is 0 Å². The van der Waals surface area contributed by atoms with Crippen molar-refractivity contribution in [1.82, 2.24) is 0 Å². The van der Waals surface area contributed by atoms with E-state index >= 15 is 0 Å². The summed E-state index contributed by atoms with van der Waals surface area (Å²) >= 11 is 5.99. The lowest BCUT2D eigenvalue weighted by Crippen LogP contribution is -2.08. The summed E-state index contributed by atoms with van der Waals surface area (Å²) in [5.74, 6) is 0.662. The van der Waals surface area contributed by atoms with Crippen molar-refractivity contribution in [2.75, 3.05) is 6.61 Å². The van der Waals surface area contributed by atoms with Crippen molar-refractivity contribution < 1.29 is 14.4 Å². The van der Waals surface area contributed by atoms with Crippen LogP contribution in [-0.4, -0.2) is 17.6 Å². The molecule has 0 saturated carbocycles. The van der Waals surface area contributed by atoms with Crippen LogP contribution in [-0.2, 0) is 0 Å². The molecule has 0 heterocycles. The quantitative estimate of drug-likeness (QED) is 0.584. The molecular formula is C12H16ClNO4. The molecular weight excluding hydrogens is 258 g/mol. The average molecular weight is 274 g/mol. The molecule has 0 unspecified atom stereocenters. The minimum absolute atomic E-state index is 0.0899. The van der Waals surface area contributed by atoms with Gasteiger partial charge in [0.2, 0.25) is 0 Å². The average Bonchev–Trinajstić information content (AvgIpc) is 2.28. The van der Waals surface area contributed by atoms with E-state index in [0.29, 0.717) is 18.1 Å². The molecule has 0 spiro atoms. The molecule has 0 amide bonds. The highest BCUT2D eigenvalue weighted by Crippen LogP contribution is 2.39. The van der Waals surface area contributed by atoms with Crippen molar-refractivity contribution >= 4 is 17.3 Å². The smallest absolute Gasteiger partial charge is 0.274 e. The fourth-order valence-electron chi connectivity index (χ4n) is 1.33. The summed E-state index contributed by atoms with van der Waals surface area (Å²) in [5.41, 5.74) is -0.109. The van der Waals surface area contributed by atoms with Gasteiger partial charge in [0.25, 0.3) is 5.69 Å². The summed E-state index contributed by atoms with van der Waals surface area (Å²) in [4.78, 5) is 10.3. The van der Waals surface area contributed by atoms with Gasteiger partial charge in [-0.2, -0.15) is 0 Å². The molecule has 0 aliphatic carbocycles. The molecule has 0 fully saturated rings. The molecule has 18 heavy (non-hydrogen) atoms. The van der Waals surface area contributed by atoms with Crippen molar-refractivity contribution in [3.8, 4) is 11.5 Å². The Balaban J connectivity index is 3.16. The SMILES string of the molecule is CCCOc1cc([N+](=O)[O-])cc(Cl)c1OC(C)C. The first kappa shape index (κ1) is 14.6. The molecule has 0 radical (unpaired) electrons. The molecule has 0 aliphatic heterocycles. The molecule has 0 N–H and O–H groups in total. The monoisotopic (exact) mass is 273 g/mol. The highest BCUT2D eigenvalue weighted by molar-refractivity contribution is 6.32. The van der Waals surface area contributed by atoms with Crippen molar-refractivity contribution in [3.05, 3.63) is 27.3 Å². The summed E-state index contributed by atoms with van der Waals surface area (Å²) < 4.78 is 11.0. The van der Waals surface area contributed by atoms with E-state index < -0.39 is 4.92 Å². The van der Waals surface area contributed by atoms with Crippen LogP contribution in [0.1, 0.15) is 27.2 Å². The predicted molar refractivity (Wildman–Crippen MR) is 69.7 cm³/mol.